The molecule has 1 aliphatic rings. The number of pyridine rings is 1. The van der Waals surface area contributed by atoms with E-state index in [1.807, 2.05) is 0 Å². The molecule has 2 heterocycles. The number of amides is 2. The smallest absolute Gasteiger partial charge is 0.347 e. The predicted octanol–water partition coefficient (Wildman–Crippen LogP) is 6.46. The molecule has 0 saturated carbocycles. The fourth-order valence-electron chi connectivity index (χ4n) is 4.22. The molecule has 2 aromatic rings. The maximum absolute atomic E-state index is 13.6. The minimum atomic E-state index is -5.17. The quantitative estimate of drug-likeness (QED) is 0.236. The summed E-state index contributed by atoms with van der Waals surface area (Å²) in [4.78, 5) is 30.7. The lowest BCUT2D eigenvalue weighted by Gasteiger charge is -2.29. The van der Waals surface area contributed by atoms with Crippen LogP contribution in [0.3, 0.4) is 0 Å². The van der Waals surface area contributed by atoms with Crippen LogP contribution in [0.4, 0.5) is 26.3 Å². The van der Waals surface area contributed by atoms with Gasteiger partial charge in [-0.25, -0.2) is 0 Å². The highest BCUT2D eigenvalue weighted by Gasteiger charge is 2.42. The highest BCUT2D eigenvalue weighted by atomic mass is 35.5. The SMILES string of the molecule is C=C(/C=C\C=C/C)C(=O)N[C@@H]1CCN(C(=O)Cc2ncc(C(F)(F)F)cc2C(F)(F)F)C1c1cccc(Cl)c1. The molecule has 1 unspecified atom stereocenters. The van der Waals surface area contributed by atoms with Gasteiger partial charge in [-0.1, -0.05) is 54.6 Å². The van der Waals surface area contributed by atoms with Gasteiger partial charge in [0.25, 0.3) is 5.91 Å². The van der Waals surface area contributed by atoms with Gasteiger partial charge < -0.3 is 10.2 Å². The van der Waals surface area contributed by atoms with Crippen molar-refractivity contribution in [2.45, 2.75) is 44.2 Å². The molecule has 39 heavy (non-hydrogen) atoms. The standard InChI is InChI=1S/C27H24ClF6N3O2/c1-3-4-5-7-16(2)25(39)36-21-10-11-37(24(21)17-8-6-9-19(28)12-17)23(38)14-22-20(27(32,33)34)13-18(15-35-22)26(29,30)31/h3-9,12-13,15,21,24H,2,10-11,14H2,1H3,(H,36,39)/b4-3-,7-5-/t21-,24?/m1/s1. The summed E-state index contributed by atoms with van der Waals surface area (Å²) in [6, 6.07) is 4.93. The minimum Gasteiger partial charge on any atom is -0.347 e. The number of likely N-dealkylation sites (tertiary alicyclic amines) is 1. The van der Waals surface area contributed by atoms with E-state index in [1.54, 1.807) is 49.4 Å². The second-order valence-corrected chi connectivity index (χ2v) is 9.19. The highest BCUT2D eigenvalue weighted by molar-refractivity contribution is 6.30. The maximum atomic E-state index is 13.6. The zero-order valence-corrected chi connectivity index (χ0v) is 21.4. The van der Waals surface area contributed by atoms with Crippen LogP contribution in [0.1, 0.15) is 41.8 Å². The van der Waals surface area contributed by atoms with Crippen LogP contribution in [0.5, 0.6) is 0 Å². The van der Waals surface area contributed by atoms with Crippen molar-refractivity contribution in [3.63, 3.8) is 0 Å². The molecule has 0 spiro atoms. The van der Waals surface area contributed by atoms with Gasteiger partial charge in [0, 0.05) is 23.3 Å². The summed E-state index contributed by atoms with van der Waals surface area (Å²) in [5.41, 5.74) is -3.38. The monoisotopic (exact) mass is 571 g/mol. The van der Waals surface area contributed by atoms with E-state index >= 15 is 0 Å². The van der Waals surface area contributed by atoms with Gasteiger partial charge in [0.1, 0.15) is 0 Å². The average molecular weight is 572 g/mol. The first kappa shape index (κ1) is 29.9. The van der Waals surface area contributed by atoms with Gasteiger partial charge in [0.15, 0.2) is 0 Å². The highest BCUT2D eigenvalue weighted by Crippen LogP contribution is 2.38. The third-order valence-electron chi connectivity index (χ3n) is 6.04. The molecule has 1 fully saturated rings. The van der Waals surface area contributed by atoms with Crippen molar-refractivity contribution in [2.75, 3.05) is 6.54 Å². The molecule has 0 radical (unpaired) electrons. The van der Waals surface area contributed by atoms with Gasteiger partial charge in [-0.3, -0.25) is 14.6 Å². The third kappa shape index (κ3) is 7.50. The van der Waals surface area contributed by atoms with Gasteiger partial charge in [-0.2, -0.15) is 26.3 Å². The second-order valence-electron chi connectivity index (χ2n) is 8.76. The number of nitrogens with one attached hydrogen (secondary N) is 1. The number of carbonyl (C=O) groups is 2. The summed E-state index contributed by atoms with van der Waals surface area (Å²) in [7, 11) is 0. The Morgan fingerprint density at radius 3 is 2.49 bits per heavy atom. The van der Waals surface area contributed by atoms with Crippen LogP contribution < -0.4 is 5.32 Å². The number of nitrogens with zero attached hydrogens (tertiary/aromatic N) is 2. The van der Waals surface area contributed by atoms with Crippen molar-refractivity contribution in [1.29, 1.82) is 0 Å². The van der Waals surface area contributed by atoms with Gasteiger partial charge in [-0.05, 0) is 37.1 Å². The number of allylic oxidation sites excluding steroid dienone is 3. The van der Waals surface area contributed by atoms with Crippen LogP contribution in [0.15, 0.2) is 73.0 Å². The Labute approximate surface area is 225 Å². The molecular formula is C27H24ClF6N3O2. The molecule has 12 heteroatoms. The van der Waals surface area contributed by atoms with E-state index in [-0.39, 0.29) is 30.8 Å². The van der Waals surface area contributed by atoms with Gasteiger partial charge in [-0.15, -0.1) is 0 Å². The second kappa shape index (κ2) is 12.1. The molecule has 3 rings (SSSR count). The van der Waals surface area contributed by atoms with E-state index in [1.165, 1.54) is 11.0 Å². The number of hydrogen-bond acceptors (Lipinski definition) is 3. The number of rotatable bonds is 7. The van der Waals surface area contributed by atoms with E-state index in [9.17, 15) is 35.9 Å². The van der Waals surface area contributed by atoms with Crippen LogP contribution in [-0.4, -0.2) is 34.3 Å². The Morgan fingerprint density at radius 2 is 1.87 bits per heavy atom. The summed E-state index contributed by atoms with van der Waals surface area (Å²) < 4.78 is 79.9. The Kier molecular flexibility index (Phi) is 9.26. The lowest BCUT2D eigenvalue weighted by molar-refractivity contribution is -0.144. The number of alkyl halides is 6. The Balaban J connectivity index is 1.92. The molecule has 208 valence electrons. The number of halogens is 7. The van der Waals surface area contributed by atoms with Crippen molar-refractivity contribution in [3.8, 4) is 0 Å². The van der Waals surface area contributed by atoms with E-state index in [0.29, 0.717) is 10.6 Å². The van der Waals surface area contributed by atoms with E-state index in [0.717, 1.165) is 0 Å². The van der Waals surface area contributed by atoms with Crippen molar-refractivity contribution in [1.82, 2.24) is 15.2 Å². The molecule has 1 N–H and O–H groups in total. The normalized spacial score (nSPS) is 18.2. The van der Waals surface area contributed by atoms with Crippen molar-refractivity contribution >= 4 is 23.4 Å². The van der Waals surface area contributed by atoms with E-state index < -0.39 is 59.5 Å². The first-order chi connectivity index (χ1) is 18.2. The van der Waals surface area contributed by atoms with Gasteiger partial charge >= 0.3 is 12.4 Å². The molecule has 1 saturated heterocycles. The molecule has 1 aromatic carbocycles. The maximum Gasteiger partial charge on any atom is 0.418 e. The number of carbonyl (C=O) groups excluding carboxylic acids is 2. The average Bonchev–Trinajstić information content (AvgIpc) is 3.26. The van der Waals surface area contributed by atoms with Crippen molar-refractivity contribution in [2.24, 2.45) is 0 Å². The molecule has 1 aliphatic heterocycles. The Morgan fingerprint density at radius 1 is 1.15 bits per heavy atom. The number of aromatic nitrogens is 1. The molecule has 2 atom stereocenters. The largest absolute Gasteiger partial charge is 0.418 e. The summed E-state index contributed by atoms with van der Waals surface area (Å²) >= 11 is 6.13. The molecular weight excluding hydrogens is 548 g/mol. The van der Waals surface area contributed by atoms with Gasteiger partial charge in [0.2, 0.25) is 5.91 Å². The van der Waals surface area contributed by atoms with Crippen LogP contribution in [-0.2, 0) is 28.4 Å². The first-order valence-corrected chi connectivity index (χ1v) is 12.1. The van der Waals surface area contributed by atoms with Gasteiger partial charge in [0.05, 0.1) is 35.3 Å². The number of hydrogen-bond donors (Lipinski definition) is 1. The molecule has 0 aliphatic carbocycles. The lowest BCUT2D eigenvalue weighted by atomic mass is 9.99. The molecule has 0 bridgehead atoms. The Hall–Kier alpha value is -3.60. The zero-order valence-electron chi connectivity index (χ0n) is 20.6. The van der Waals surface area contributed by atoms with Crippen molar-refractivity contribution < 1.29 is 35.9 Å². The van der Waals surface area contributed by atoms with Crippen LogP contribution in [0, 0.1) is 0 Å². The molecule has 2 amide bonds. The summed E-state index contributed by atoms with van der Waals surface area (Å²) in [6.45, 7) is 5.57. The fourth-order valence-corrected chi connectivity index (χ4v) is 4.42. The zero-order chi connectivity index (χ0) is 29.0. The third-order valence-corrected chi connectivity index (χ3v) is 6.27. The Bertz CT molecular complexity index is 1300. The first-order valence-electron chi connectivity index (χ1n) is 11.7. The molecule has 1 aromatic heterocycles. The topological polar surface area (TPSA) is 62.3 Å². The van der Waals surface area contributed by atoms with Crippen molar-refractivity contribution in [3.05, 3.63) is 100 Å². The summed E-state index contributed by atoms with van der Waals surface area (Å²) in [5.74, 6) is -1.31. The van der Waals surface area contributed by atoms with Crippen LogP contribution in [0.25, 0.3) is 0 Å². The van der Waals surface area contributed by atoms with E-state index in [2.05, 4.69) is 16.9 Å². The van der Waals surface area contributed by atoms with Crippen LogP contribution >= 0.6 is 11.6 Å². The molecule has 5 nitrogen and oxygen atoms in total. The fraction of sp³-hybridized carbons (Fsp3) is 0.296. The lowest BCUT2D eigenvalue weighted by Crippen LogP contribution is -2.42. The summed E-state index contributed by atoms with van der Waals surface area (Å²) in [5, 5.41) is 3.14. The predicted molar refractivity (Wildman–Crippen MR) is 133 cm³/mol. The minimum absolute atomic E-state index is 0.0517. The van der Waals surface area contributed by atoms with E-state index in [4.69, 9.17) is 11.6 Å². The summed E-state index contributed by atoms with van der Waals surface area (Å²) in [6.07, 6.45) is -4.01. The number of benzene rings is 1. The van der Waals surface area contributed by atoms with Crippen LogP contribution in [0.2, 0.25) is 5.02 Å².